The topological polar surface area (TPSA) is 386 Å². The Morgan fingerprint density at radius 2 is 1.05 bits per heavy atom. The summed E-state index contributed by atoms with van der Waals surface area (Å²) in [5.41, 5.74) is 24.3. The molecule has 0 saturated carbocycles. The molecule has 9 amide bonds. The molecule has 0 spiro atoms. The number of nitrogens with two attached hydrogens (primary N) is 4. The van der Waals surface area contributed by atoms with Gasteiger partial charge < -0.3 is 75.9 Å². The molecule has 0 aliphatic carbocycles. The van der Waals surface area contributed by atoms with Gasteiger partial charge in [0.1, 0.15) is 48.3 Å². The van der Waals surface area contributed by atoms with Gasteiger partial charge in [-0.25, -0.2) is 0 Å². The fourth-order valence-electron chi connectivity index (χ4n) is 8.49. The minimum atomic E-state index is -1.47. The van der Waals surface area contributed by atoms with E-state index in [1.165, 1.54) is 0 Å². The Balaban J connectivity index is 2.67. The minimum absolute atomic E-state index is 0.0458. The fourth-order valence-corrected chi connectivity index (χ4v) is 8.49. The van der Waals surface area contributed by atoms with Gasteiger partial charge in [-0.05, 0) is 101 Å². The summed E-state index contributed by atoms with van der Waals surface area (Å²) in [6.07, 6.45) is 2.44. The second-order valence-corrected chi connectivity index (χ2v) is 20.5. The van der Waals surface area contributed by atoms with E-state index in [0.717, 1.165) is 19.3 Å². The van der Waals surface area contributed by atoms with Crippen LogP contribution in [0.2, 0.25) is 0 Å². The molecule has 18 N–H and O–H groups in total. The first kappa shape index (κ1) is 65.4. The van der Waals surface area contributed by atoms with E-state index < -0.39 is 108 Å². The number of carbonyl (C=O) groups excluding carboxylic acids is 9. The summed E-state index contributed by atoms with van der Waals surface area (Å²) < 4.78 is 0. The number of aliphatic hydroxyl groups is 1. The highest BCUT2D eigenvalue weighted by atomic mass is 16.3. The summed E-state index contributed by atoms with van der Waals surface area (Å²) in [5, 5.41) is 34.8. The van der Waals surface area contributed by atoms with Crippen LogP contribution in [0.4, 0.5) is 0 Å². The molecular formula is C52H91N13O10. The van der Waals surface area contributed by atoms with Crippen molar-refractivity contribution in [3.63, 3.8) is 0 Å². The molecule has 75 heavy (non-hydrogen) atoms. The summed E-state index contributed by atoms with van der Waals surface area (Å²) >= 11 is 0. The van der Waals surface area contributed by atoms with Crippen LogP contribution in [0.25, 0.3) is 0 Å². The lowest BCUT2D eigenvalue weighted by atomic mass is 9.99. The Morgan fingerprint density at radius 1 is 0.600 bits per heavy atom. The molecule has 1 aliphatic heterocycles. The summed E-state index contributed by atoms with van der Waals surface area (Å²) in [5.74, 6) is -6.53. The van der Waals surface area contributed by atoms with Gasteiger partial charge in [0.15, 0.2) is 0 Å². The van der Waals surface area contributed by atoms with Gasteiger partial charge in [0, 0.05) is 13.0 Å². The maximum Gasteiger partial charge on any atom is 0.243 e. The smallest absolute Gasteiger partial charge is 0.243 e. The zero-order chi connectivity index (χ0) is 56.0. The lowest BCUT2D eigenvalue weighted by Crippen LogP contribution is -2.61. The summed E-state index contributed by atoms with van der Waals surface area (Å²) in [4.78, 5) is 126. The SMILES string of the molecule is CCC(C)CCCCC(O)CC(=O)NC(CCN)C(=O)NC1CCNC(=O)C(CC(C)C)NC(=O)C(CCN)NC(=O)C(CCN)NC(=O)C(CC(C)C)NC(=O)C(Cc2ccccc2)NC(=O)C(CCN)NC1=O. The molecule has 2 rings (SSSR count). The Morgan fingerprint density at radius 3 is 1.55 bits per heavy atom. The van der Waals surface area contributed by atoms with Crippen molar-refractivity contribution in [1.82, 2.24) is 47.9 Å². The van der Waals surface area contributed by atoms with Gasteiger partial charge in [-0.2, -0.15) is 0 Å². The number of hydrogen-bond acceptors (Lipinski definition) is 14. The molecule has 23 nitrogen and oxygen atoms in total. The summed E-state index contributed by atoms with van der Waals surface area (Å²) in [7, 11) is 0. The Bertz CT molecular complexity index is 1960. The van der Waals surface area contributed by atoms with Crippen molar-refractivity contribution in [2.75, 3.05) is 32.7 Å². The largest absolute Gasteiger partial charge is 0.393 e. The molecule has 1 aromatic carbocycles. The first-order valence-electron chi connectivity index (χ1n) is 26.9. The van der Waals surface area contributed by atoms with Crippen molar-refractivity contribution in [3.8, 4) is 0 Å². The highest BCUT2D eigenvalue weighted by molar-refractivity contribution is 5.98. The van der Waals surface area contributed by atoms with E-state index in [4.69, 9.17) is 22.9 Å². The molecule has 0 bridgehead atoms. The molecule has 424 valence electrons. The molecule has 10 atom stereocenters. The van der Waals surface area contributed by atoms with Gasteiger partial charge in [0.2, 0.25) is 53.2 Å². The predicted octanol–water partition coefficient (Wildman–Crippen LogP) is -1.53. The number of carbonyl (C=O) groups is 9. The van der Waals surface area contributed by atoms with Crippen LogP contribution in [0.3, 0.4) is 0 Å². The molecule has 23 heteroatoms. The normalized spacial score (nSPS) is 23.3. The van der Waals surface area contributed by atoms with Crippen LogP contribution >= 0.6 is 0 Å². The van der Waals surface area contributed by atoms with E-state index in [1.807, 2.05) is 27.7 Å². The van der Waals surface area contributed by atoms with Crippen molar-refractivity contribution in [1.29, 1.82) is 0 Å². The number of nitrogens with one attached hydrogen (secondary N) is 9. The van der Waals surface area contributed by atoms with Crippen LogP contribution < -0.4 is 70.8 Å². The number of amides is 9. The van der Waals surface area contributed by atoms with E-state index in [2.05, 4.69) is 61.7 Å². The van der Waals surface area contributed by atoms with Gasteiger partial charge in [0.25, 0.3) is 0 Å². The minimum Gasteiger partial charge on any atom is -0.393 e. The third-order valence-electron chi connectivity index (χ3n) is 12.9. The van der Waals surface area contributed by atoms with Crippen LogP contribution in [-0.4, -0.2) is 145 Å². The fraction of sp³-hybridized carbons (Fsp3) is 0.712. The molecular weight excluding hydrogens is 967 g/mol. The lowest BCUT2D eigenvalue weighted by Gasteiger charge is -2.28. The van der Waals surface area contributed by atoms with Gasteiger partial charge in [-0.15, -0.1) is 0 Å². The van der Waals surface area contributed by atoms with E-state index in [-0.39, 0.29) is 102 Å². The van der Waals surface area contributed by atoms with Crippen molar-refractivity contribution >= 4 is 53.2 Å². The van der Waals surface area contributed by atoms with Crippen LogP contribution in [0.1, 0.15) is 131 Å². The number of unbranched alkanes of at least 4 members (excludes halogenated alkanes) is 1. The second kappa shape index (κ2) is 35.5. The molecule has 1 fully saturated rings. The van der Waals surface area contributed by atoms with Crippen LogP contribution in [0.15, 0.2) is 30.3 Å². The molecule has 0 aromatic heterocycles. The maximum absolute atomic E-state index is 14.4. The van der Waals surface area contributed by atoms with Gasteiger partial charge in [-0.3, -0.25) is 43.2 Å². The zero-order valence-electron chi connectivity index (χ0n) is 45.2. The molecule has 1 aliphatic rings. The Hall–Kier alpha value is -5.75. The number of benzene rings is 1. The summed E-state index contributed by atoms with van der Waals surface area (Å²) in [6, 6.07) is -1.59. The molecule has 1 saturated heterocycles. The average Bonchev–Trinajstić information content (AvgIpc) is 3.35. The van der Waals surface area contributed by atoms with E-state index >= 15 is 0 Å². The zero-order valence-corrected chi connectivity index (χ0v) is 45.2. The molecule has 10 unspecified atom stereocenters. The second-order valence-electron chi connectivity index (χ2n) is 20.5. The first-order valence-corrected chi connectivity index (χ1v) is 26.9. The Labute approximate surface area is 443 Å². The van der Waals surface area contributed by atoms with Crippen molar-refractivity contribution in [2.45, 2.75) is 186 Å². The standard InChI is InChI=1S/C52H91N13O10/c1-7-33(6)13-11-12-16-35(66)30-44(67)58-36(17-22-53)46(69)62-40-21-26-57-45(68)41(27-31(2)3)63-48(71)38(19-24-55)59-47(70)37(18-23-54)61-51(74)42(28-32(4)5)64-52(75)43(29-34-14-9-8-10-15-34)65-49(72)39(20-25-56)60-50(40)73/h8-10,14-15,31-33,35-43,66H,7,11-13,16-30,53-56H2,1-6H3,(H,57,68)(H,58,67)(H,59,70)(H,60,73)(H,61,74)(H,62,69)(H,63,71)(H,64,75)(H,65,72). The first-order chi connectivity index (χ1) is 35.7. The highest BCUT2D eigenvalue weighted by Gasteiger charge is 2.35. The summed E-state index contributed by atoms with van der Waals surface area (Å²) in [6.45, 7) is 11.1. The average molecular weight is 1060 g/mol. The molecule has 1 heterocycles. The van der Waals surface area contributed by atoms with E-state index in [0.29, 0.717) is 24.3 Å². The third-order valence-corrected chi connectivity index (χ3v) is 12.9. The monoisotopic (exact) mass is 1060 g/mol. The number of aliphatic hydroxyl groups excluding tert-OH is 1. The van der Waals surface area contributed by atoms with Crippen molar-refractivity contribution in [3.05, 3.63) is 35.9 Å². The van der Waals surface area contributed by atoms with Crippen molar-refractivity contribution in [2.24, 2.45) is 40.7 Å². The van der Waals surface area contributed by atoms with Gasteiger partial charge >= 0.3 is 0 Å². The number of hydrogen-bond donors (Lipinski definition) is 14. The highest BCUT2D eigenvalue weighted by Crippen LogP contribution is 2.15. The Kier molecular flexibility index (Phi) is 30.9. The van der Waals surface area contributed by atoms with E-state index in [1.54, 1.807) is 30.3 Å². The van der Waals surface area contributed by atoms with Crippen molar-refractivity contribution < 1.29 is 48.3 Å². The van der Waals surface area contributed by atoms with Crippen LogP contribution in [0.5, 0.6) is 0 Å². The van der Waals surface area contributed by atoms with Gasteiger partial charge in [0.05, 0.1) is 12.5 Å². The quantitative estimate of drug-likeness (QED) is 0.0495. The van der Waals surface area contributed by atoms with Gasteiger partial charge in [-0.1, -0.05) is 97.6 Å². The molecule has 1 aromatic rings. The van der Waals surface area contributed by atoms with E-state index in [9.17, 15) is 48.3 Å². The lowest BCUT2D eigenvalue weighted by molar-refractivity contribution is -0.136. The maximum atomic E-state index is 14.4. The predicted molar refractivity (Wildman–Crippen MR) is 285 cm³/mol. The van der Waals surface area contributed by atoms with Crippen LogP contribution in [-0.2, 0) is 49.6 Å². The van der Waals surface area contributed by atoms with Crippen LogP contribution in [0, 0.1) is 17.8 Å². The molecule has 0 radical (unpaired) electrons. The number of rotatable bonds is 25. The third kappa shape index (κ3) is 25.1.